The average molecular weight is 365 g/mol. The van der Waals surface area contributed by atoms with E-state index in [4.69, 9.17) is 17.2 Å². The lowest BCUT2D eigenvalue weighted by Crippen LogP contribution is -2.31. The zero-order valence-corrected chi connectivity index (χ0v) is 14.1. The fraction of sp³-hybridized carbons (Fsp3) is 0.857. The van der Waals surface area contributed by atoms with Gasteiger partial charge in [0.15, 0.2) is 0 Å². The van der Waals surface area contributed by atoms with Crippen LogP contribution in [-0.2, 0) is 4.79 Å². The van der Waals surface area contributed by atoms with Crippen molar-refractivity contribution < 1.29 is 4.79 Å². The quantitative estimate of drug-likeness (QED) is 0.439. The average Bonchev–Trinajstić information content (AvgIpc) is 2.20. The first kappa shape index (κ1) is 26.9. The van der Waals surface area contributed by atoms with Crippen LogP contribution in [0.15, 0.2) is 0 Å². The highest BCUT2D eigenvalue weighted by Gasteiger charge is 2.13. The van der Waals surface area contributed by atoms with Gasteiger partial charge in [0.1, 0.15) is 0 Å². The molecule has 0 bridgehead atoms. The first-order valence-corrected chi connectivity index (χ1v) is 7.76. The number of halogens is 3. The Bertz CT molecular complexity index is 171. The van der Waals surface area contributed by atoms with Crippen LogP contribution in [0.4, 0.5) is 0 Å². The predicted octanol–water partition coefficient (Wildman–Crippen LogP) is 1.14. The summed E-state index contributed by atoms with van der Waals surface area (Å²) >= 11 is 1.21. The number of nitrogens with two attached hydrogens (primary N) is 3. The number of thioether (sulfide) groups is 1. The van der Waals surface area contributed by atoms with Crippen LogP contribution >= 0.6 is 70.6 Å². The zero-order valence-electron chi connectivity index (χ0n) is 9.20. The molecule has 10 heteroatoms. The minimum Gasteiger partial charge on any atom is -0.330 e. The first-order valence-electron chi connectivity index (χ1n) is 4.29. The number of carbonyl (C=O) groups excluding carboxylic acids is 1. The highest BCUT2D eigenvalue weighted by molar-refractivity contribution is 8.76. The Hall–Kier alpha value is 1.47. The van der Waals surface area contributed by atoms with Crippen LogP contribution in [0.5, 0.6) is 0 Å². The maximum absolute atomic E-state index is 11.3. The number of carbonyl (C=O) groups is 1. The fourth-order valence-corrected chi connectivity index (χ4v) is 3.26. The number of hydrogen-bond donors (Lipinski definition) is 3. The van der Waals surface area contributed by atoms with Crippen LogP contribution in [0.3, 0.4) is 0 Å². The Morgan fingerprint density at radius 2 is 1.53 bits per heavy atom. The molecule has 17 heavy (non-hydrogen) atoms. The van der Waals surface area contributed by atoms with E-state index in [2.05, 4.69) is 0 Å². The van der Waals surface area contributed by atoms with E-state index in [1.807, 2.05) is 0 Å². The molecule has 0 aliphatic rings. The van der Waals surface area contributed by atoms with Crippen molar-refractivity contribution in [2.24, 2.45) is 17.2 Å². The van der Waals surface area contributed by atoms with Crippen molar-refractivity contribution in [2.75, 3.05) is 30.3 Å². The number of rotatable bonds is 8. The Balaban J connectivity index is -0.000000282. The van der Waals surface area contributed by atoms with Crippen molar-refractivity contribution in [3.05, 3.63) is 0 Å². The Morgan fingerprint density at radius 3 is 2.00 bits per heavy atom. The van der Waals surface area contributed by atoms with Gasteiger partial charge in [-0.1, -0.05) is 33.3 Å². The molecule has 0 amide bonds. The van der Waals surface area contributed by atoms with Crippen molar-refractivity contribution >= 4 is 75.7 Å². The van der Waals surface area contributed by atoms with Gasteiger partial charge in [-0.15, -0.1) is 37.2 Å². The van der Waals surface area contributed by atoms with Crippen LogP contribution in [0, 0.1) is 0 Å². The molecular formula is C7H20Cl3N3OS3. The molecule has 108 valence electrons. The molecule has 0 radical (unpaired) electrons. The van der Waals surface area contributed by atoms with Crippen LogP contribution < -0.4 is 17.2 Å². The lowest BCUT2D eigenvalue weighted by Gasteiger charge is -2.08. The van der Waals surface area contributed by atoms with Gasteiger partial charge in [-0.25, -0.2) is 0 Å². The van der Waals surface area contributed by atoms with Crippen molar-refractivity contribution in [1.29, 1.82) is 0 Å². The zero-order chi connectivity index (χ0) is 10.8. The van der Waals surface area contributed by atoms with Crippen molar-refractivity contribution in [2.45, 2.75) is 6.04 Å². The molecule has 0 rings (SSSR count). The van der Waals surface area contributed by atoms with Gasteiger partial charge in [-0.05, 0) is 0 Å². The molecule has 0 saturated carbocycles. The summed E-state index contributed by atoms with van der Waals surface area (Å²) in [4.78, 5) is 11.3. The van der Waals surface area contributed by atoms with Gasteiger partial charge in [0.25, 0.3) is 0 Å². The van der Waals surface area contributed by atoms with Gasteiger partial charge >= 0.3 is 0 Å². The molecular weight excluding hydrogens is 345 g/mol. The van der Waals surface area contributed by atoms with Gasteiger partial charge in [-0.3, -0.25) is 4.79 Å². The minimum absolute atomic E-state index is 0. The molecule has 0 aromatic rings. The summed E-state index contributed by atoms with van der Waals surface area (Å²) in [5.74, 6) is 2.18. The van der Waals surface area contributed by atoms with E-state index in [1.54, 1.807) is 21.6 Å². The van der Waals surface area contributed by atoms with Gasteiger partial charge in [0.05, 0.1) is 6.04 Å². The van der Waals surface area contributed by atoms with Crippen molar-refractivity contribution in [1.82, 2.24) is 0 Å². The Labute approximate surface area is 133 Å². The molecule has 1 atom stereocenters. The fourth-order valence-electron chi connectivity index (χ4n) is 0.563. The Morgan fingerprint density at radius 1 is 1.00 bits per heavy atom. The van der Waals surface area contributed by atoms with Gasteiger partial charge < -0.3 is 17.2 Å². The second kappa shape index (κ2) is 19.8. The van der Waals surface area contributed by atoms with E-state index < -0.39 is 0 Å². The predicted molar refractivity (Wildman–Crippen MR) is 90.2 cm³/mol. The van der Waals surface area contributed by atoms with Crippen LogP contribution in [0.1, 0.15) is 0 Å². The third kappa shape index (κ3) is 17.5. The monoisotopic (exact) mass is 363 g/mol. The first-order chi connectivity index (χ1) is 6.72. The van der Waals surface area contributed by atoms with E-state index in [0.29, 0.717) is 24.6 Å². The molecule has 4 nitrogen and oxygen atoms in total. The second-order valence-electron chi connectivity index (χ2n) is 2.46. The molecule has 0 fully saturated rings. The van der Waals surface area contributed by atoms with Gasteiger partial charge in [0, 0.05) is 30.3 Å². The molecule has 0 aliphatic heterocycles. The normalized spacial score (nSPS) is 10.5. The Kier molecular flexibility index (Phi) is 31.4. The summed E-state index contributed by atoms with van der Waals surface area (Å²) in [6.07, 6.45) is 0. The van der Waals surface area contributed by atoms with E-state index in [-0.39, 0.29) is 48.4 Å². The van der Waals surface area contributed by atoms with Crippen molar-refractivity contribution in [3.8, 4) is 0 Å². The van der Waals surface area contributed by atoms with Crippen LogP contribution in [0.25, 0.3) is 0 Å². The molecule has 0 aliphatic carbocycles. The van der Waals surface area contributed by atoms with E-state index in [0.717, 1.165) is 5.75 Å². The molecule has 0 saturated heterocycles. The summed E-state index contributed by atoms with van der Waals surface area (Å²) in [6.45, 7) is 1.17. The van der Waals surface area contributed by atoms with Gasteiger partial charge in [0.2, 0.25) is 5.12 Å². The largest absolute Gasteiger partial charge is 0.330 e. The standard InChI is InChI=1S/C7H17N3OS3.3ClH/c8-1-3-12-7(11)6(10)5-14-13-4-2-9;;;/h6H,1-5,8-10H2;3*1H. The highest BCUT2D eigenvalue weighted by atomic mass is 35.5. The van der Waals surface area contributed by atoms with E-state index in [1.165, 1.54) is 11.8 Å². The summed E-state index contributed by atoms with van der Waals surface area (Å²) in [7, 11) is 3.24. The topological polar surface area (TPSA) is 95.1 Å². The van der Waals surface area contributed by atoms with E-state index >= 15 is 0 Å². The summed E-state index contributed by atoms with van der Waals surface area (Å²) in [5, 5.41) is 0.0244. The smallest absolute Gasteiger partial charge is 0.206 e. The third-order valence-corrected chi connectivity index (χ3v) is 4.70. The van der Waals surface area contributed by atoms with Crippen LogP contribution in [-0.4, -0.2) is 41.5 Å². The summed E-state index contributed by atoms with van der Waals surface area (Å²) in [5.41, 5.74) is 16.3. The van der Waals surface area contributed by atoms with Crippen molar-refractivity contribution in [3.63, 3.8) is 0 Å². The van der Waals surface area contributed by atoms with Gasteiger partial charge in [-0.2, -0.15) is 0 Å². The lowest BCUT2D eigenvalue weighted by atomic mass is 10.4. The summed E-state index contributed by atoms with van der Waals surface area (Å²) < 4.78 is 0. The maximum Gasteiger partial charge on any atom is 0.206 e. The molecule has 0 aromatic heterocycles. The molecule has 0 spiro atoms. The molecule has 0 heterocycles. The summed E-state index contributed by atoms with van der Waals surface area (Å²) in [6, 6.07) is -0.387. The minimum atomic E-state index is -0.387. The van der Waals surface area contributed by atoms with Crippen LogP contribution in [0.2, 0.25) is 0 Å². The lowest BCUT2D eigenvalue weighted by molar-refractivity contribution is -0.111. The number of hydrogen-bond acceptors (Lipinski definition) is 7. The molecule has 1 unspecified atom stereocenters. The SMILES string of the molecule is Cl.Cl.Cl.NCCSSCC(N)C(=O)SCCN. The highest BCUT2D eigenvalue weighted by Crippen LogP contribution is 2.21. The molecule has 6 N–H and O–H groups in total. The molecule has 0 aromatic carbocycles. The second-order valence-corrected chi connectivity index (χ2v) is 6.18. The maximum atomic E-state index is 11.3. The van der Waals surface area contributed by atoms with E-state index in [9.17, 15) is 4.79 Å². The third-order valence-electron chi connectivity index (χ3n) is 1.20.